The fraction of sp³-hybridized carbons (Fsp3) is 0.381. The molecule has 1 aliphatic carbocycles. The van der Waals surface area contributed by atoms with E-state index in [2.05, 4.69) is 20.7 Å². The molecule has 0 atom stereocenters. The molecule has 0 aliphatic heterocycles. The van der Waals surface area contributed by atoms with Gasteiger partial charge < -0.3 is 15.4 Å². The first-order valence-electron chi connectivity index (χ1n) is 9.79. The summed E-state index contributed by atoms with van der Waals surface area (Å²) in [6.45, 7) is 0.430. The highest BCUT2D eigenvalue weighted by atomic mass is 19.1. The van der Waals surface area contributed by atoms with Crippen molar-refractivity contribution in [3.8, 4) is 0 Å². The third kappa shape index (κ3) is 4.54. The van der Waals surface area contributed by atoms with Crippen molar-refractivity contribution in [2.24, 2.45) is 0 Å². The summed E-state index contributed by atoms with van der Waals surface area (Å²) < 4.78 is 20.3. The van der Waals surface area contributed by atoms with Crippen LogP contribution >= 0.6 is 0 Å². The third-order valence-corrected chi connectivity index (χ3v) is 5.32. The van der Waals surface area contributed by atoms with Crippen LogP contribution in [0.4, 0.5) is 10.2 Å². The van der Waals surface area contributed by atoms with E-state index in [1.54, 1.807) is 30.0 Å². The fourth-order valence-electron chi connectivity index (χ4n) is 3.67. The number of hydrogen-bond acceptors (Lipinski definition) is 5. The van der Waals surface area contributed by atoms with Crippen LogP contribution in [0.1, 0.15) is 41.6 Å². The summed E-state index contributed by atoms with van der Waals surface area (Å²) >= 11 is 0. The highest BCUT2D eigenvalue weighted by Crippen LogP contribution is 2.21. The van der Waals surface area contributed by atoms with Crippen LogP contribution in [0.5, 0.6) is 0 Å². The molecule has 8 heteroatoms. The highest BCUT2D eigenvalue weighted by molar-refractivity contribution is 5.99. The summed E-state index contributed by atoms with van der Waals surface area (Å²) in [5.74, 6) is 0.148. The smallest absolute Gasteiger partial charge is 0.256 e. The molecule has 0 unspecified atom stereocenters. The van der Waals surface area contributed by atoms with Gasteiger partial charge in [0, 0.05) is 25.9 Å². The summed E-state index contributed by atoms with van der Waals surface area (Å²) in [5.41, 5.74) is 1.73. The van der Waals surface area contributed by atoms with Gasteiger partial charge in [0.25, 0.3) is 5.91 Å². The molecule has 4 rings (SSSR count). The van der Waals surface area contributed by atoms with Crippen molar-refractivity contribution in [1.82, 2.24) is 19.9 Å². The van der Waals surface area contributed by atoms with Crippen LogP contribution in [0.2, 0.25) is 0 Å². The second kappa shape index (κ2) is 8.57. The van der Waals surface area contributed by atoms with Crippen molar-refractivity contribution in [2.75, 3.05) is 12.4 Å². The Morgan fingerprint density at radius 2 is 2.10 bits per heavy atom. The Balaban J connectivity index is 1.44. The number of nitrogens with zero attached hydrogens (tertiary/aromatic N) is 3. The van der Waals surface area contributed by atoms with Crippen LogP contribution < -0.4 is 10.6 Å². The summed E-state index contributed by atoms with van der Waals surface area (Å²) in [7, 11) is 1.73. The van der Waals surface area contributed by atoms with E-state index in [-0.39, 0.29) is 23.9 Å². The van der Waals surface area contributed by atoms with Crippen molar-refractivity contribution in [3.63, 3.8) is 0 Å². The fourth-order valence-corrected chi connectivity index (χ4v) is 3.67. The number of halogens is 1. The average molecular weight is 397 g/mol. The number of anilines is 1. The Labute approximate surface area is 168 Å². The maximum atomic E-state index is 13.3. The van der Waals surface area contributed by atoms with Gasteiger partial charge in [0.2, 0.25) is 0 Å². The van der Waals surface area contributed by atoms with Crippen molar-refractivity contribution in [3.05, 3.63) is 59.7 Å². The van der Waals surface area contributed by atoms with E-state index < -0.39 is 0 Å². The van der Waals surface area contributed by atoms with E-state index in [0.29, 0.717) is 23.6 Å². The minimum atomic E-state index is -0.276. The molecule has 152 valence electrons. The lowest BCUT2D eigenvalue weighted by Crippen LogP contribution is -2.38. The lowest BCUT2D eigenvalue weighted by atomic mass is 9.93. The van der Waals surface area contributed by atoms with E-state index in [1.807, 2.05) is 6.07 Å². The van der Waals surface area contributed by atoms with Gasteiger partial charge in [-0.1, -0.05) is 12.1 Å². The Morgan fingerprint density at radius 1 is 1.28 bits per heavy atom. The average Bonchev–Trinajstić information content (AvgIpc) is 3.16. The Bertz CT molecular complexity index is 998. The molecule has 2 aromatic heterocycles. The lowest BCUT2D eigenvalue weighted by molar-refractivity contribution is 0.0599. The molecule has 7 nitrogen and oxygen atoms in total. The molecule has 1 amide bonds. The zero-order valence-electron chi connectivity index (χ0n) is 16.3. The number of aromatic nitrogens is 3. The second-order valence-electron chi connectivity index (χ2n) is 7.31. The third-order valence-electron chi connectivity index (χ3n) is 5.32. The van der Waals surface area contributed by atoms with Crippen molar-refractivity contribution in [1.29, 1.82) is 0 Å². The molecular weight excluding hydrogens is 373 g/mol. The minimum Gasteiger partial charge on any atom is -0.381 e. The van der Waals surface area contributed by atoms with E-state index in [1.165, 1.54) is 18.3 Å². The number of rotatable bonds is 6. The SMILES string of the molecule is COC1CCC(NC(=O)c2cnn3ccc(NCc4cccc(F)c4)nc23)CC1. The number of amides is 1. The zero-order valence-corrected chi connectivity index (χ0v) is 16.3. The van der Waals surface area contributed by atoms with Crippen LogP contribution in [-0.2, 0) is 11.3 Å². The molecule has 0 spiro atoms. The summed E-state index contributed by atoms with van der Waals surface area (Å²) in [4.78, 5) is 17.3. The Morgan fingerprint density at radius 3 is 2.86 bits per heavy atom. The Kier molecular flexibility index (Phi) is 5.71. The number of fused-ring (bicyclic) bond motifs is 1. The maximum Gasteiger partial charge on any atom is 0.256 e. The van der Waals surface area contributed by atoms with Gasteiger partial charge in [-0.05, 0) is 49.4 Å². The molecule has 0 bridgehead atoms. The van der Waals surface area contributed by atoms with Crippen molar-refractivity contribution >= 4 is 17.4 Å². The molecule has 0 saturated heterocycles. The first kappa shape index (κ1) is 19.3. The normalized spacial score (nSPS) is 19.2. The maximum absolute atomic E-state index is 13.3. The van der Waals surface area contributed by atoms with E-state index in [0.717, 1.165) is 31.2 Å². The standard InChI is InChI=1S/C21H24FN5O2/c1-29-17-7-5-16(6-8-17)25-21(28)18-13-24-27-10-9-19(26-20(18)27)23-12-14-3-2-4-15(22)11-14/h2-4,9-11,13,16-17H,5-8,12H2,1H3,(H,23,26)(H,25,28). The van der Waals surface area contributed by atoms with Crippen molar-refractivity contribution in [2.45, 2.75) is 44.4 Å². The number of carbonyl (C=O) groups is 1. The minimum absolute atomic E-state index is 0.137. The van der Waals surface area contributed by atoms with Crippen molar-refractivity contribution < 1.29 is 13.9 Å². The molecule has 3 aromatic rings. The van der Waals surface area contributed by atoms with E-state index >= 15 is 0 Å². The molecule has 1 saturated carbocycles. The predicted octanol–water partition coefficient (Wildman–Crippen LogP) is 3.17. The molecule has 1 aromatic carbocycles. The van der Waals surface area contributed by atoms with Gasteiger partial charge in [-0.25, -0.2) is 13.9 Å². The predicted molar refractivity (Wildman–Crippen MR) is 107 cm³/mol. The number of benzene rings is 1. The molecule has 0 radical (unpaired) electrons. The van der Waals surface area contributed by atoms with Crippen LogP contribution in [0.15, 0.2) is 42.7 Å². The van der Waals surface area contributed by atoms with Gasteiger partial charge in [0.1, 0.15) is 17.2 Å². The highest BCUT2D eigenvalue weighted by Gasteiger charge is 2.24. The molecule has 1 aliphatic rings. The summed E-state index contributed by atoms with van der Waals surface area (Å²) in [5, 5.41) is 10.5. The van der Waals surface area contributed by atoms with Gasteiger partial charge in [0.05, 0.1) is 12.3 Å². The lowest BCUT2D eigenvalue weighted by Gasteiger charge is -2.28. The molecule has 29 heavy (non-hydrogen) atoms. The molecule has 2 N–H and O–H groups in total. The molecule has 2 heterocycles. The van der Waals surface area contributed by atoms with Crippen LogP contribution in [0.25, 0.3) is 5.65 Å². The van der Waals surface area contributed by atoms with Gasteiger partial charge in [-0.3, -0.25) is 4.79 Å². The number of carbonyl (C=O) groups excluding carboxylic acids is 1. The zero-order chi connectivity index (χ0) is 20.2. The second-order valence-corrected chi connectivity index (χ2v) is 7.31. The van der Waals surface area contributed by atoms with E-state index in [9.17, 15) is 9.18 Å². The van der Waals surface area contributed by atoms with Crippen LogP contribution in [0.3, 0.4) is 0 Å². The van der Waals surface area contributed by atoms with Gasteiger partial charge in [-0.15, -0.1) is 0 Å². The largest absolute Gasteiger partial charge is 0.381 e. The van der Waals surface area contributed by atoms with Crippen LogP contribution in [0, 0.1) is 5.82 Å². The van der Waals surface area contributed by atoms with Crippen LogP contribution in [-0.4, -0.2) is 39.8 Å². The first-order chi connectivity index (χ1) is 14.1. The topological polar surface area (TPSA) is 80.5 Å². The molecular formula is C21H24FN5O2. The summed E-state index contributed by atoms with van der Waals surface area (Å²) in [6, 6.07) is 8.30. The summed E-state index contributed by atoms with van der Waals surface area (Å²) in [6.07, 6.45) is 7.26. The van der Waals surface area contributed by atoms with Gasteiger partial charge >= 0.3 is 0 Å². The number of methoxy groups -OCH3 is 1. The van der Waals surface area contributed by atoms with Gasteiger partial charge in [0.15, 0.2) is 5.65 Å². The Hall–Kier alpha value is -3.00. The number of nitrogens with one attached hydrogen (secondary N) is 2. The number of hydrogen-bond donors (Lipinski definition) is 2. The van der Waals surface area contributed by atoms with Gasteiger partial charge in [-0.2, -0.15) is 5.10 Å². The van der Waals surface area contributed by atoms with E-state index in [4.69, 9.17) is 4.74 Å². The quantitative estimate of drug-likeness (QED) is 0.668. The first-order valence-corrected chi connectivity index (χ1v) is 9.79. The number of ether oxygens (including phenoxy) is 1. The monoisotopic (exact) mass is 397 g/mol. The molecule has 1 fully saturated rings.